The molecule has 0 unspecified atom stereocenters. The van der Waals surface area contributed by atoms with Crippen LogP contribution in [0.3, 0.4) is 0 Å². The number of piperidine rings is 1. The topological polar surface area (TPSA) is 141 Å². The molecule has 12 heteroatoms. The van der Waals surface area contributed by atoms with E-state index >= 15 is 0 Å². The summed E-state index contributed by atoms with van der Waals surface area (Å²) in [5.41, 5.74) is 1.38. The number of hydrogen-bond donors (Lipinski definition) is 2. The van der Waals surface area contributed by atoms with Crippen LogP contribution in [0.2, 0.25) is 0 Å². The molecule has 0 spiro atoms. The number of hydrogen-bond acceptors (Lipinski definition) is 10. The Bertz CT molecular complexity index is 1290. The Morgan fingerprint density at radius 1 is 1.13 bits per heavy atom. The highest BCUT2D eigenvalue weighted by Gasteiger charge is 2.24. The van der Waals surface area contributed by atoms with E-state index < -0.39 is 4.92 Å². The molecule has 1 atom stereocenters. The number of non-ortho nitro benzene ring substituents is 1. The molecule has 1 fully saturated rings. The first-order valence-corrected chi connectivity index (χ1v) is 12.5. The highest BCUT2D eigenvalue weighted by atomic mass is 16.6. The van der Waals surface area contributed by atoms with Crippen molar-refractivity contribution in [2.24, 2.45) is 5.92 Å². The lowest BCUT2D eigenvalue weighted by Crippen LogP contribution is -2.38. The van der Waals surface area contributed by atoms with Crippen LogP contribution in [-0.4, -0.2) is 55.2 Å². The smallest absolute Gasteiger partial charge is 0.269 e. The summed E-state index contributed by atoms with van der Waals surface area (Å²) in [6.07, 6.45) is 3.93. The number of aromatic nitrogens is 2. The summed E-state index contributed by atoms with van der Waals surface area (Å²) in [6, 6.07) is 11.7. The van der Waals surface area contributed by atoms with Gasteiger partial charge in [-0.3, -0.25) is 14.9 Å². The van der Waals surface area contributed by atoms with Crippen LogP contribution >= 0.6 is 0 Å². The third-order valence-corrected chi connectivity index (χ3v) is 6.49. The molecule has 1 aromatic heterocycles. The minimum Gasteiger partial charge on any atom is -0.493 e. The predicted octanol–water partition coefficient (Wildman–Crippen LogP) is 4.08. The quantitative estimate of drug-likeness (QED) is 0.272. The van der Waals surface area contributed by atoms with E-state index in [9.17, 15) is 14.9 Å². The lowest BCUT2D eigenvalue weighted by atomic mass is 9.94. The lowest BCUT2D eigenvalue weighted by Gasteiger charge is -2.33. The highest BCUT2D eigenvalue weighted by Crippen LogP contribution is 2.40. The largest absolute Gasteiger partial charge is 0.493 e. The minimum absolute atomic E-state index is 0.00801. The van der Waals surface area contributed by atoms with Gasteiger partial charge >= 0.3 is 0 Å². The highest BCUT2D eigenvalue weighted by molar-refractivity contribution is 5.76. The number of nitrogens with zero attached hydrogens (tertiary/aromatic N) is 4. The van der Waals surface area contributed by atoms with E-state index in [2.05, 4.69) is 20.5 Å². The average molecular weight is 537 g/mol. The Morgan fingerprint density at radius 2 is 1.90 bits per heavy atom. The van der Waals surface area contributed by atoms with E-state index in [-0.39, 0.29) is 24.1 Å². The maximum Gasteiger partial charge on any atom is 0.269 e. The zero-order chi connectivity index (χ0) is 27.8. The summed E-state index contributed by atoms with van der Waals surface area (Å²) in [5, 5.41) is 17.1. The van der Waals surface area contributed by atoms with Crippen LogP contribution in [0.1, 0.15) is 24.8 Å². The summed E-state index contributed by atoms with van der Waals surface area (Å²) in [4.78, 5) is 34.4. The van der Waals surface area contributed by atoms with Gasteiger partial charge in [-0.05, 0) is 30.4 Å². The molecule has 0 bridgehead atoms. The number of anilines is 3. The number of nitrogens with one attached hydrogen (secondary N) is 2. The van der Waals surface area contributed by atoms with E-state index in [0.29, 0.717) is 47.4 Å². The van der Waals surface area contributed by atoms with Crippen molar-refractivity contribution in [3.8, 4) is 17.2 Å². The maximum atomic E-state index is 12.6. The Morgan fingerprint density at radius 3 is 2.59 bits per heavy atom. The number of carbonyl (C=O) groups is 1. The van der Waals surface area contributed by atoms with E-state index in [4.69, 9.17) is 19.2 Å². The van der Waals surface area contributed by atoms with Crippen LogP contribution in [0.25, 0.3) is 0 Å². The molecule has 1 amide bonds. The molecule has 206 valence electrons. The first-order chi connectivity index (χ1) is 18.9. The lowest BCUT2D eigenvalue weighted by molar-refractivity contribution is -0.384. The number of amides is 1. The average Bonchev–Trinajstić information content (AvgIpc) is 2.96. The third kappa shape index (κ3) is 7.03. The van der Waals surface area contributed by atoms with E-state index in [1.807, 2.05) is 6.07 Å². The number of nitro benzene ring substituents is 1. The summed E-state index contributed by atoms with van der Waals surface area (Å²) in [7, 11) is 4.66. The zero-order valence-corrected chi connectivity index (χ0v) is 22.2. The zero-order valence-electron chi connectivity index (χ0n) is 22.2. The van der Waals surface area contributed by atoms with Gasteiger partial charge in [0.05, 0.1) is 26.3 Å². The van der Waals surface area contributed by atoms with Gasteiger partial charge in [-0.15, -0.1) is 0 Å². The summed E-state index contributed by atoms with van der Waals surface area (Å²) in [6.45, 7) is 1.76. The van der Waals surface area contributed by atoms with Crippen molar-refractivity contribution in [3.05, 3.63) is 64.3 Å². The standard InChI is InChI=1S/C27H32N6O6/c1-37-22-14-20(15-23(38-2)26(22)39-3)30-27-28-10-9-24(31-27)32-11-5-7-19(17-32)13-25(34)29-16-18-6-4-8-21(12-18)33(35)36/h4,6,8-10,12,14-15,19H,5,7,11,13,16-17H2,1-3H3,(H,29,34)(H,28,30,31)/t19-/m1/s1. The molecule has 2 heterocycles. The molecule has 12 nitrogen and oxygen atoms in total. The van der Waals surface area contributed by atoms with Crippen molar-refractivity contribution in [3.63, 3.8) is 0 Å². The van der Waals surface area contributed by atoms with Crippen molar-refractivity contribution < 1.29 is 23.9 Å². The number of ether oxygens (including phenoxy) is 3. The Balaban J connectivity index is 1.37. The van der Waals surface area contributed by atoms with Crippen LogP contribution in [0, 0.1) is 16.0 Å². The van der Waals surface area contributed by atoms with Crippen molar-refractivity contribution in [2.45, 2.75) is 25.8 Å². The van der Waals surface area contributed by atoms with Gasteiger partial charge in [0.2, 0.25) is 17.6 Å². The fourth-order valence-corrected chi connectivity index (χ4v) is 4.62. The molecule has 1 saturated heterocycles. The monoisotopic (exact) mass is 536 g/mol. The molecule has 1 aliphatic rings. The summed E-state index contributed by atoms with van der Waals surface area (Å²) < 4.78 is 16.2. The van der Waals surface area contributed by atoms with Gasteiger partial charge in [0, 0.05) is 62.2 Å². The number of rotatable bonds is 11. The minimum atomic E-state index is -0.444. The normalized spacial score (nSPS) is 14.8. The summed E-state index contributed by atoms with van der Waals surface area (Å²) >= 11 is 0. The number of benzene rings is 2. The second-order valence-corrected chi connectivity index (χ2v) is 9.14. The predicted molar refractivity (Wildman–Crippen MR) is 146 cm³/mol. The van der Waals surface area contributed by atoms with Gasteiger partial charge in [-0.2, -0.15) is 4.98 Å². The molecule has 3 aromatic rings. The molecule has 1 aliphatic heterocycles. The van der Waals surface area contributed by atoms with Crippen LogP contribution in [0.15, 0.2) is 48.7 Å². The Hall–Kier alpha value is -4.61. The number of methoxy groups -OCH3 is 3. The fourth-order valence-electron chi connectivity index (χ4n) is 4.62. The van der Waals surface area contributed by atoms with Crippen LogP contribution in [-0.2, 0) is 11.3 Å². The first kappa shape index (κ1) is 27.4. The molecule has 4 rings (SSSR count). The van der Waals surface area contributed by atoms with Crippen molar-refractivity contribution in [1.29, 1.82) is 0 Å². The Kier molecular flexibility index (Phi) is 8.97. The Labute approximate surface area is 226 Å². The SMILES string of the molecule is COc1cc(Nc2nccc(N3CCC[C@H](CC(=O)NCc4cccc([N+](=O)[O-])c4)C3)n2)cc(OC)c1OC. The fraction of sp³-hybridized carbons (Fsp3) is 0.370. The van der Waals surface area contributed by atoms with Crippen LogP contribution in [0.4, 0.5) is 23.1 Å². The molecule has 2 aromatic carbocycles. The third-order valence-electron chi connectivity index (χ3n) is 6.49. The summed E-state index contributed by atoms with van der Waals surface area (Å²) in [5.74, 6) is 2.77. The second-order valence-electron chi connectivity index (χ2n) is 9.14. The van der Waals surface area contributed by atoms with Gasteiger partial charge in [-0.25, -0.2) is 4.98 Å². The number of carbonyl (C=O) groups excluding carboxylic acids is 1. The van der Waals surface area contributed by atoms with E-state index in [1.54, 1.807) is 51.8 Å². The molecule has 0 radical (unpaired) electrons. The van der Waals surface area contributed by atoms with Crippen molar-refractivity contribution >= 4 is 29.0 Å². The molecule has 2 N–H and O–H groups in total. The van der Waals surface area contributed by atoms with E-state index in [0.717, 1.165) is 25.2 Å². The van der Waals surface area contributed by atoms with Gasteiger partial charge in [0.15, 0.2) is 11.5 Å². The molecule has 0 aliphatic carbocycles. The maximum absolute atomic E-state index is 12.6. The van der Waals surface area contributed by atoms with Gasteiger partial charge in [-0.1, -0.05) is 12.1 Å². The molecule has 0 saturated carbocycles. The van der Waals surface area contributed by atoms with Gasteiger partial charge in [0.25, 0.3) is 5.69 Å². The molecular weight excluding hydrogens is 504 g/mol. The van der Waals surface area contributed by atoms with E-state index in [1.165, 1.54) is 12.1 Å². The van der Waals surface area contributed by atoms with Crippen molar-refractivity contribution in [1.82, 2.24) is 15.3 Å². The van der Waals surface area contributed by atoms with Crippen LogP contribution < -0.4 is 29.7 Å². The second kappa shape index (κ2) is 12.8. The van der Waals surface area contributed by atoms with Gasteiger partial charge < -0.3 is 29.7 Å². The van der Waals surface area contributed by atoms with Crippen LogP contribution in [0.5, 0.6) is 17.2 Å². The molecular formula is C27H32N6O6. The molecule has 39 heavy (non-hydrogen) atoms. The number of nitro groups is 1. The van der Waals surface area contributed by atoms with Gasteiger partial charge in [0.1, 0.15) is 5.82 Å². The first-order valence-electron chi connectivity index (χ1n) is 12.5. The van der Waals surface area contributed by atoms with Crippen molar-refractivity contribution in [2.75, 3.05) is 44.6 Å².